The molecule has 0 aromatic heterocycles. The summed E-state index contributed by atoms with van der Waals surface area (Å²) in [6.07, 6.45) is 1.02. The van der Waals surface area contributed by atoms with Crippen LogP contribution < -0.4 is 0 Å². The van der Waals surface area contributed by atoms with E-state index >= 15 is 0 Å². The minimum atomic E-state index is -3.71. The van der Waals surface area contributed by atoms with Crippen LogP contribution in [-0.4, -0.2) is 16.8 Å². The van der Waals surface area contributed by atoms with E-state index in [9.17, 15) is 17.7 Å². The van der Waals surface area contributed by atoms with Gasteiger partial charge in [-0.25, -0.2) is 13.2 Å². The van der Waals surface area contributed by atoms with Crippen molar-refractivity contribution in [1.82, 2.24) is 5.12 Å². The summed E-state index contributed by atoms with van der Waals surface area (Å²) >= 11 is 0. The summed E-state index contributed by atoms with van der Waals surface area (Å²) in [5.41, 5.74) is -0.122. The van der Waals surface area contributed by atoms with Gasteiger partial charge >= 0.3 is 5.92 Å². The van der Waals surface area contributed by atoms with Crippen molar-refractivity contribution in [2.45, 2.75) is 32.5 Å². The first kappa shape index (κ1) is 10.3. The van der Waals surface area contributed by atoms with Crippen LogP contribution in [0.25, 0.3) is 0 Å². The molecule has 1 aliphatic rings. The second-order valence-electron chi connectivity index (χ2n) is 3.45. The predicted molar refractivity (Wildman–Crippen MR) is 40.3 cm³/mol. The molecule has 2 atom stereocenters. The standard InChI is InChI=1S/C8H11F4N/c1-5-4-6(2)13(12)7(3,9)8(5,10)11/h4-5H,1-3H3. The van der Waals surface area contributed by atoms with Gasteiger partial charge in [-0.2, -0.15) is 5.12 Å². The number of nitrogens with zero attached hydrogens (tertiary/aromatic N) is 1. The van der Waals surface area contributed by atoms with Gasteiger partial charge in [0, 0.05) is 11.6 Å². The fourth-order valence-corrected chi connectivity index (χ4v) is 1.41. The molecule has 1 rings (SSSR count). The van der Waals surface area contributed by atoms with E-state index in [1.165, 1.54) is 6.92 Å². The molecule has 0 saturated heterocycles. The molecule has 0 radical (unpaired) electrons. The van der Waals surface area contributed by atoms with Crippen molar-refractivity contribution in [2.24, 2.45) is 5.92 Å². The third-order valence-corrected chi connectivity index (χ3v) is 2.35. The number of rotatable bonds is 0. The van der Waals surface area contributed by atoms with Gasteiger partial charge in [0.2, 0.25) is 0 Å². The Morgan fingerprint density at radius 3 is 2.31 bits per heavy atom. The summed E-state index contributed by atoms with van der Waals surface area (Å²) in [5, 5.41) is -0.521. The molecule has 0 saturated carbocycles. The minimum absolute atomic E-state index is 0.122. The molecule has 0 amide bonds. The van der Waals surface area contributed by atoms with Crippen LogP contribution in [0.5, 0.6) is 0 Å². The van der Waals surface area contributed by atoms with Crippen LogP contribution in [0.1, 0.15) is 20.8 Å². The van der Waals surface area contributed by atoms with Crippen LogP contribution in [0.3, 0.4) is 0 Å². The maximum Gasteiger partial charge on any atom is 0.307 e. The number of hydrogen-bond donors (Lipinski definition) is 0. The average molecular weight is 197 g/mol. The van der Waals surface area contributed by atoms with E-state index in [-0.39, 0.29) is 5.70 Å². The van der Waals surface area contributed by atoms with Crippen LogP contribution in [-0.2, 0) is 0 Å². The molecule has 0 spiro atoms. The van der Waals surface area contributed by atoms with Crippen molar-refractivity contribution < 1.29 is 17.7 Å². The Labute approximate surface area is 74.0 Å². The van der Waals surface area contributed by atoms with Crippen LogP contribution in [0.2, 0.25) is 0 Å². The van der Waals surface area contributed by atoms with Crippen molar-refractivity contribution in [3.05, 3.63) is 11.8 Å². The topological polar surface area (TPSA) is 3.24 Å². The highest BCUT2D eigenvalue weighted by atomic mass is 19.3. The fourth-order valence-electron chi connectivity index (χ4n) is 1.41. The van der Waals surface area contributed by atoms with Gasteiger partial charge in [-0.3, -0.25) is 0 Å². The van der Waals surface area contributed by atoms with Gasteiger partial charge < -0.3 is 0 Å². The molecule has 1 aliphatic heterocycles. The van der Waals surface area contributed by atoms with Gasteiger partial charge in [0.25, 0.3) is 5.79 Å². The lowest BCUT2D eigenvalue weighted by Gasteiger charge is -2.41. The number of halogens is 4. The molecule has 0 aliphatic carbocycles. The Hall–Kier alpha value is -0.740. The van der Waals surface area contributed by atoms with E-state index in [0.717, 1.165) is 13.0 Å². The van der Waals surface area contributed by atoms with E-state index in [0.29, 0.717) is 6.92 Å². The van der Waals surface area contributed by atoms with E-state index in [2.05, 4.69) is 0 Å². The van der Waals surface area contributed by atoms with Gasteiger partial charge in [-0.15, -0.1) is 0 Å². The Balaban J connectivity index is 3.18. The van der Waals surface area contributed by atoms with E-state index < -0.39 is 22.8 Å². The summed E-state index contributed by atoms with van der Waals surface area (Å²) in [7, 11) is 0. The Morgan fingerprint density at radius 1 is 1.38 bits per heavy atom. The maximum absolute atomic E-state index is 13.3. The molecule has 13 heavy (non-hydrogen) atoms. The molecule has 1 heterocycles. The average Bonchev–Trinajstić information content (AvgIpc) is 2.00. The van der Waals surface area contributed by atoms with Crippen LogP contribution in [0, 0.1) is 5.92 Å². The van der Waals surface area contributed by atoms with Gasteiger partial charge in [0.1, 0.15) is 0 Å². The first-order valence-corrected chi connectivity index (χ1v) is 3.92. The number of allylic oxidation sites excluding steroid dienone is 2. The zero-order valence-electron chi connectivity index (χ0n) is 7.61. The van der Waals surface area contributed by atoms with Crippen molar-refractivity contribution in [3.63, 3.8) is 0 Å². The molecule has 0 fully saturated rings. The Morgan fingerprint density at radius 2 is 1.85 bits per heavy atom. The fraction of sp³-hybridized carbons (Fsp3) is 0.750. The highest BCUT2D eigenvalue weighted by Gasteiger charge is 2.61. The second kappa shape index (κ2) is 2.62. The summed E-state index contributed by atoms with van der Waals surface area (Å²) in [6, 6.07) is 0. The lowest BCUT2D eigenvalue weighted by Crippen LogP contribution is -2.57. The van der Waals surface area contributed by atoms with Crippen LogP contribution in [0.4, 0.5) is 17.7 Å². The molecule has 0 aromatic rings. The van der Waals surface area contributed by atoms with Crippen molar-refractivity contribution in [2.75, 3.05) is 0 Å². The lowest BCUT2D eigenvalue weighted by molar-refractivity contribution is -0.269. The molecule has 2 unspecified atom stereocenters. The van der Waals surface area contributed by atoms with Gasteiger partial charge in [0.05, 0.1) is 0 Å². The first-order valence-electron chi connectivity index (χ1n) is 3.92. The summed E-state index contributed by atoms with van der Waals surface area (Å²) in [6.45, 7) is 2.96. The van der Waals surface area contributed by atoms with E-state index in [1.807, 2.05) is 0 Å². The largest absolute Gasteiger partial charge is 0.307 e. The van der Waals surface area contributed by atoms with E-state index in [1.54, 1.807) is 0 Å². The highest BCUT2D eigenvalue weighted by Crippen LogP contribution is 2.46. The van der Waals surface area contributed by atoms with Crippen molar-refractivity contribution in [1.29, 1.82) is 0 Å². The molecule has 0 bridgehead atoms. The molecule has 5 heteroatoms. The zero-order chi connectivity index (χ0) is 10.4. The second-order valence-corrected chi connectivity index (χ2v) is 3.45. The predicted octanol–water partition coefficient (Wildman–Crippen LogP) is 3.05. The molecule has 1 nitrogen and oxygen atoms in total. The first-order chi connectivity index (χ1) is 5.71. The molecular weight excluding hydrogens is 186 g/mol. The third kappa shape index (κ3) is 1.21. The quantitative estimate of drug-likeness (QED) is 0.328. The highest BCUT2D eigenvalue weighted by molar-refractivity contribution is 5.13. The van der Waals surface area contributed by atoms with Gasteiger partial charge in [-0.1, -0.05) is 17.5 Å². The van der Waals surface area contributed by atoms with Crippen LogP contribution >= 0.6 is 0 Å². The third-order valence-electron chi connectivity index (χ3n) is 2.35. The smallest absolute Gasteiger partial charge is 0.211 e. The molecular formula is C8H11F4N. The Bertz CT molecular complexity index is 247. The summed E-state index contributed by atoms with van der Waals surface area (Å²) < 4.78 is 52.4. The normalized spacial score (nSPS) is 38.8. The maximum atomic E-state index is 13.3. The van der Waals surface area contributed by atoms with E-state index in [4.69, 9.17) is 0 Å². The van der Waals surface area contributed by atoms with Gasteiger partial charge in [-0.05, 0) is 13.8 Å². The lowest BCUT2D eigenvalue weighted by atomic mass is 9.91. The van der Waals surface area contributed by atoms with Gasteiger partial charge in [0.15, 0.2) is 0 Å². The number of hydrogen-bond acceptors (Lipinski definition) is 1. The van der Waals surface area contributed by atoms with Crippen molar-refractivity contribution >= 4 is 0 Å². The summed E-state index contributed by atoms with van der Waals surface area (Å²) in [5.74, 6) is -8.26. The monoisotopic (exact) mass is 197 g/mol. The Kier molecular flexibility index (Phi) is 2.09. The zero-order valence-corrected chi connectivity index (χ0v) is 7.61. The molecule has 0 N–H and O–H groups in total. The SMILES string of the molecule is CC1=CC(C)C(F)(F)C(C)(F)N1F. The van der Waals surface area contributed by atoms with Crippen molar-refractivity contribution in [3.8, 4) is 0 Å². The number of alkyl halides is 3. The molecule has 0 aromatic carbocycles. The summed E-state index contributed by atoms with van der Waals surface area (Å²) in [4.78, 5) is 0. The molecule has 76 valence electrons. The van der Waals surface area contributed by atoms with Crippen LogP contribution in [0.15, 0.2) is 11.8 Å². The minimum Gasteiger partial charge on any atom is -0.211 e.